The van der Waals surface area contributed by atoms with Crippen molar-refractivity contribution in [1.29, 1.82) is 0 Å². The van der Waals surface area contributed by atoms with Crippen molar-refractivity contribution in [3.63, 3.8) is 0 Å². The number of thioether (sulfide) groups is 1. The summed E-state index contributed by atoms with van der Waals surface area (Å²) in [6.07, 6.45) is 3.06. The molecule has 1 fully saturated rings. The van der Waals surface area contributed by atoms with E-state index in [1.807, 2.05) is 6.26 Å². The van der Waals surface area contributed by atoms with Crippen molar-refractivity contribution in [3.8, 4) is 0 Å². The molecule has 0 aromatic rings. The van der Waals surface area contributed by atoms with Gasteiger partial charge in [-0.05, 0) is 44.7 Å². The summed E-state index contributed by atoms with van der Waals surface area (Å²) in [5, 5.41) is 19.4. The third kappa shape index (κ3) is 8.69. The molecule has 1 saturated heterocycles. The second-order valence-electron chi connectivity index (χ2n) is 6.79. The fourth-order valence-corrected chi connectivity index (χ4v) is 3.23. The van der Waals surface area contributed by atoms with Crippen molar-refractivity contribution in [2.24, 2.45) is 5.73 Å². The third-order valence-electron chi connectivity index (χ3n) is 4.39. The van der Waals surface area contributed by atoms with E-state index in [1.54, 1.807) is 0 Å². The average molecular weight is 432 g/mol. The second-order valence-corrected chi connectivity index (χ2v) is 7.78. The Morgan fingerprint density at radius 2 is 1.83 bits per heavy atom. The Hall–Kier alpha value is -2.34. The number of carbonyl (C=O) groups excluding carboxylic acids is 4. The zero-order valence-corrected chi connectivity index (χ0v) is 17.3. The number of hydrogen-bond donors (Lipinski definition) is 6. The molecule has 1 aliphatic heterocycles. The normalized spacial score (nSPS) is 18.9. The summed E-state index contributed by atoms with van der Waals surface area (Å²) in [5.74, 6) is -3.29. The van der Waals surface area contributed by atoms with Crippen molar-refractivity contribution in [2.75, 3.05) is 18.6 Å². The summed E-state index contributed by atoms with van der Waals surface area (Å²) in [5.41, 5.74) is 5.16. The summed E-state index contributed by atoms with van der Waals surface area (Å²) < 4.78 is 0. The number of carboxylic acids is 1. The van der Waals surface area contributed by atoms with Gasteiger partial charge in [0, 0.05) is 0 Å². The number of carbonyl (C=O) groups is 5. The third-order valence-corrected chi connectivity index (χ3v) is 5.04. The molecule has 0 saturated carbocycles. The fourth-order valence-electron chi connectivity index (χ4n) is 2.76. The quantitative estimate of drug-likeness (QED) is 0.204. The van der Waals surface area contributed by atoms with Gasteiger partial charge >= 0.3 is 5.97 Å². The molecule has 0 aromatic heterocycles. The SMILES string of the molecule is CSCCC(NC(=O)C(C)NC(=O)C(CC(N)=O)NC(=O)C1CCCN1)C(=O)O. The van der Waals surface area contributed by atoms with Crippen molar-refractivity contribution in [2.45, 2.75) is 56.8 Å². The number of amides is 4. The highest BCUT2D eigenvalue weighted by molar-refractivity contribution is 7.98. The van der Waals surface area contributed by atoms with Gasteiger partial charge in [0.15, 0.2) is 0 Å². The monoisotopic (exact) mass is 431 g/mol. The van der Waals surface area contributed by atoms with Crippen LogP contribution in [0.4, 0.5) is 0 Å². The van der Waals surface area contributed by atoms with Gasteiger partial charge in [-0.15, -0.1) is 0 Å². The van der Waals surface area contributed by atoms with Gasteiger partial charge in [-0.25, -0.2) is 4.79 Å². The lowest BCUT2D eigenvalue weighted by Crippen LogP contribution is -2.57. The van der Waals surface area contributed by atoms with Gasteiger partial charge in [0.1, 0.15) is 18.1 Å². The summed E-state index contributed by atoms with van der Waals surface area (Å²) in [4.78, 5) is 59.5. The molecule has 0 bridgehead atoms. The summed E-state index contributed by atoms with van der Waals surface area (Å²) in [6.45, 7) is 2.06. The maximum Gasteiger partial charge on any atom is 0.326 e. The van der Waals surface area contributed by atoms with E-state index in [-0.39, 0.29) is 6.42 Å². The van der Waals surface area contributed by atoms with Crippen LogP contribution in [0.15, 0.2) is 0 Å². The predicted molar refractivity (Wildman–Crippen MR) is 107 cm³/mol. The van der Waals surface area contributed by atoms with E-state index in [9.17, 15) is 29.1 Å². The largest absolute Gasteiger partial charge is 0.480 e. The summed E-state index contributed by atoms with van der Waals surface area (Å²) in [7, 11) is 0. The van der Waals surface area contributed by atoms with Gasteiger partial charge in [0.05, 0.1) is 12.5 Å². The van der Waals surface area contributed by atoms with Crippen LogP contribution < -0.4 is 27.0 Å². The van der Waals surface area contributed by atoms with Crippen LogP contribution in [0.3, 0.4) is 0 Å². The molecule has 164 valence electrons. The standard InChI is InChI=1S/C17H29N5O6S/c1-9(14(24)21-11(17(27)28)5-7-29-2)20-16(26)12(8-13(18)23)22-15(25)10-4-3-6-19-10/h9-12,19H,3-8H2,1-2H3,(H2,18,23)(H,20,26)(H,21,24)(H,22,25)(H,27,28). The van der Waals surface area contributed by atoms with Crippen molar-refractivity contribution >= 4 is 41.4 Å². The van der Waals surface area contributed by atoms with Crippen LogP contribution in [0.25, 0.3) is 0 Å². The Kier molecular flexibility index (Phi) is 10.5. The van der Waals surface area contributed by atoms with Crippen molar-refractivity contribution in [3.05, 3.63) is 0 Å². The lowest BCUT2D eigenvalue weighted by Gasteiger charge is -2.23. The van der Waals surface area contributed by atoms with Gasteiger partial charge in [-0.2, -0.15) is 11.8 Å². The number of rotatable bonds is 12. The van der Waals surface area contributed by atoms with E-state index >= 15 is 0 Å². The maximum absolute atomic E-state index is 12.5. The lowest BCUT2D eigenvalue weighted by atomic mass is 10.1. The zero-order valence-electron chi connectivity index (χ0n) is 16.5. The van der Waals surface area contributed by atoms with E-state index in [2.05, 4.69) is 21.3 Å². The first-order chi connectivity index (χ1) is 13.6. The molecular formula is C17H29N5O6S. The maximum atomic E-state index is 12.5. The van der Waals surface area contributed by atoms with Crippen LogP contribution in [0.2, 0.25) is 0 Å². The lowest BCUT2D eigenvalue weighted by molar-refractivity contribution is -0.142. The van der Waals surface area contributed by atoms with Crippen LogP contribution in [0.5, 0.6) is 0 Å². The van der Waals surface area contributed by atoms with E-state index < -0.39 is 60.2 Å². The number of aliphatic carboxylic acids is 1. The molecule has 0 radical (unpaired) electrons. The number of nitrogens with one attached hydrogen (secondary N) is 4. The van der Waals surface area contributed by atoms with Gasteiger partial charge in [-0.1, -0.05) is 0 Å². The summed E-state index contributed by atoms with van der Waals surface area (Å²) >= 11 is 1.45. The van der Waals surface area contributed by atoms with Crippen molar-refractivity contribution < 1.29 is 29.1 Å². The Morgan fingerprint density at radius 1 is 1.14 bits per heavy atom. The molecule has 0 aliphatic carbocycles. The van der Waals surface area contributed by atoms with Crippen LogP contribution in [-0.2, 0) is 24.0 Å². The molecule has 1 rings (SSSR count). The zero-order chi connectivity index (χ0) is 22.0. The molecule has 0 spiro atoms. The van der Waals surface area contributed by atoms with Crippen LogP contribution >= 0.6 is 11.8 Å². The minimum atomic E-state index is -1.23. The minimum absolute atomic E-state index is 0.234. The van der Waals surface area contributed by atoms with E-state index in [4.69, 9.17) is 5.73 Å². The topological polar surface area (TPSA) is 180 Å². The molecule has 29 heavy (non-hydrogen) atoms. The predicted octanol–water partition coefficient (Wildman–Crippen LogP) is -2.07. The van der Waals surface area contributed by atoms with Crippen LogP contribution in [-0.4, -0.2) is 77.4 Å². The van der Waals surface area contributed by atoms with E-state index in [0.717, 1.165) is 6.42 Å². The first-order valence-electron chi connectivity index (χ1n) is 9.30. The van der Waals surface area contributed by atoms with Crippen LogP contribution in [0, 0.1) is 0 Å². The van der Waals surface area contributed by atoms with E-state index in [1.165, 1.54) is 18.7 Å². The Morgan fingerprint density at radius 3 is 2.34 bits per heavy atom. The molecule has 7 N–H and O–H groups in total. The van der Waals surface area contributed by atoms with Gasteiger partial charge in [-0.3, -0.25) is 19.2 Å². The smallest absolute Gasteiger partial charge is 0.326 e. The Balaban J connectivity index is 2.68. The highest BCUT2D eigenvalue weighted by Gasteiger charge is 2.30. The molecule has 0 aromatic carbocycles. The number of primary amides is 1. The Labute approximate surface area is 173 Å². The van der Waals surface area contributed by atoms with Crippen LogP contribution in [0.1, 0.15) is 32.6 Å². The first-order valence-corrected chi connectivity index (χ1v) is 10.7. The molecule has 1 heterocycles. The first kappa shape index (κ1) is 24.7. The minimum Gasteiger partial charge on any atom is -0.480 e. The molecular weight excluding hydrogens is 402 g/mol. The molecule has 4 amide bonds. The highest BCUT2D eigenvalue weighted by atomic mass is 32.2. The summed E-state index contributed by atoms with van der Waals surface area (Å²) in [6, 6.07) is -3.84. The van der Waals surface area contributed by atoms with Gasteiger partial charge in [0.2, 0.25) is 23.6 Å². The Bertz CT molecular complexity index is 625. The molecule has 1 aliphatic rings. The highest BCUT2D eigenvalue weighted by Crippen LogP contribution is 2.06. The average Bonchev–Trinajstić information content (AvgIpc) is 3.18. The number of nitrogens with two attached hydrogens (primary N) is 1. The fraction of sp³-hybridized carbons (Fsp3) is 0.706. The molecule has 12 heteroatoms. The van der Waals surface area contributed by atoms with Gasteiger partial charge in [0.25, 0.3) is 0 Å². The number of hydrogen-bond acceptors (Lipinski definition) is 7. The van der Waals surface area contributed by atoms with Gasteiger partial charge < -0.3 is 32.1 Å². The second kappa shape index (κ2) is 12.3. The number of carboxylic acid groups (broad SMARTS) is 1. The molecule has 11 nitrogen and oxygen atoms in total. The molecule has 4 atom stereocenters. The van der Waals surface area contributed by atoms with Crippen molar-refractivity contribution in [1.82, 2.24) is 21.3 Å². The van der Waals surface area contributed by atoms with E-state index in [0.29, 0.717) is 18.7 Å². The molecule has 4 unspecified atom stereocenters.